The van der Waals surface area contributed by atoms with E-state index in [1.54, 1.807) is 24.5 Å². The molecule has 2 amide bonds. The number of anilines is 1. The molecule has 2 N–H and O–H groups in total. The van der Waals surface area contributed by atoms with E-state index in [0.717, 1.165) is 12.2 Å². The van der Waals surface area contributed by atoms with Crippen molar-refractivity contribution in [1.29, 1.82) is 0 Å². The summed E-state index contributed by atoms with van der Waals surface area (Å²) >= 11 is 0. The third-order valence-electron chi connectivity index (χ3n) is 3.84. The van der Waals surface area contributed by atoms with Crippen LogP contribution in [0.4, 0.5) is 5.69 Å². The lowest BCUT2D eigenvalue weighted by atomic mass is 10.2. The van der Waals surface area contributed by atoms with Crippen LogP contribution in [-0.4, -0.2) is 29.4 Å². The first-order valence-corrected chi connectivity index (χ1v) is 7.93. The minimum atomic E-state index is -0.436. The van der Waals surface area contributed by atoms with Crippen LogP contribution in [0.5, 0.6) is 5.75 Å². The number of amides is 2. The van der Waals surface area contributed by atoms with E-state index in [1.165, 1.54) is 5.56 Å². The Morgan fingerprint density at radius 2 is 1.96 bits per heavy atom. The predicted molar refractivity (Wildman–Crippen MR) is 89.7 cm³/mol. The van der Waals surface area contributed by atoms with Gasteiger partial charge in [-0.1, -0.05) is 0 Å². The van der Waals surface area contributed by atoms with Gasteiger partial charge in [0, 0.05) is 30.9 Å². The summed E-state index contributed by atoms with van der Waals surface area (Å²) in [5, 5.41) is 5.45. The van der Waals surface area contributed by atoms with Crippen LogP contribution in [0, 0.1) is 0 Å². The molecule has 1 atom stereocenters. The average Bonchev–Trinajstić information content (AvgIpc) is 3.04. The van der Waals surface area contributed by atoms with Gasteiger partial charge >= 0.3 is 0 Å². The minimum absolute atomic E-state index is 0.0758. The second kappa shape index (κ2) is 7.59. The smallest absolute Gasteiger partial charge is 0.246 e. The first kappa shape index (κ1) is 16.0. The maximum Gasteiger partial charge on any atom is 0.246 e. The largest absolute Gasteiger partial charge is 0.493 e. The SMILES string of the molecule is O=C1CC[C@@H](C(=O)Nc2ccc(OCCc3ccncc3)cc2)N1. The molecule has 6 nitrogen and oxygen atoms in total. The molecule has 1 aliphatic rings. The zero-order valence-corrected chi connectivity index (χ0v) is 13.2. The van der Waals surface area contributed by atoms with Gasteiger partial charge in [-0.25, -0.2) is 0 Å². The van der Waals surface area contributed by atoms with Crippen molar-refractivity contribution in [3.8, 4) is 5.75 Å². The van der Waals surface area contributed by atoms with Gasteiger partial charge in [0.15, 0.2) is 0 Å². The third kappa shape index (κ3) is 4.32. The van der Waals surface area contributed by atoms with Crippen LogP contribution in [0.25, 0.3) is 0 Å². The lowest BCUT2D eigenvalue weighted by Crippen LogP contribution is -2.37. The fourth-order valence-corrected chi connectivity index (χ4v) is 2.51. The van der Waals surface area contributed by atoms with Gasteiger partial charge in [-0.15, -0.1) is 0 Å². The van der Waals surface area contributed by atoms with Gasteiger partial charge in [0.1, 0.15) is 11.8 Å². The lowest BCUT2D eigenvalue weighted by molar-refractivity contribution is -0.122. The first-order valence-electron chi connectivity index (χ1n) is 7.93. The van der Waals surface area contributed by atoms with Crippen molar-refractivity contribution >= 4 is 17.5 Å². The highest BCUT2D eigenvalue weighted by molar-refractivity contribution is 5.98. The molecule has 0 bridgehead atoms. The van der Waals surface area contributed by atoms with Gasteiger partial charge < -0.3 is 15.4 Å². The Morgan fingerprint density at radius 3 is 2.62 bits per heavy atom. The molecule has 1 aliphatic heterocycles. The Morgan fingerprint density at radius 1 is 1.21 bits per heavy atom. The quantitative estimate of drug-likeness (QED) is 0.850. The number of aromatic nitrogens is 1. The van der Waals surface area contributed by atoms with E-state index in [-0.39, 0.29) is 11.8 Å². The van der Waals surface area contributed by atoms with E-state index >= 15 is 0 Å². The molecule has 3 rings (SSSR count). The summed E-state index contributed by atoms with van der Waals surface area (Å²) in [5.74, 6) is 0.483. The van der Waals surface area contributed by atoms with Crippen LogP contribution in [0.1, 0.15) is 18.4 Å². The van der Waals surface area contributed by atoms with Crippen LogP contribution in [-0.2, 0) is 16.0 Å². The number of carbonyl (C=O) groups is 2. The van der Waals surface area contributed by atoms with Crippen LogP contribution in [0.2, 0.25) is 0 Å². The maximum atomic E-state index is 12.0. The van der Waals surface area contributed by atoms with Crippen LogP contribution in [0.3, 0.4) is 0 Å². The molecular formula is C18H19N3O3. The Bertz CT molecular complexity index is 701. The number of hydrogen-bond donors (Lipinski definition) is 2. The van der Waals surface area contributed by atoms with E-state index in [2.05, 4.69) is 15.6 Å². The van der Waals surface area contributed by atoms with Gasteiger partial charge in [-0.3, -0.25) is 14.6 Å². The molecule has 1 fully saturated rings. The van der Waals surface area contributed by atoms with Crippen molar-refractivity contribution in [3.05, 3.63) is 54.4 Å². The molecule has 1 aromatic heterocycles. The molecule has 24 heavy (non-hydrogen) atoms. The molecular weight excluding hydrogens is 306 g/mol. The average molecular weight is 325 g/mol. The van der Waals surface area contributed by atoms with Crippen molar-refractivity contribution in [2.75, 3.05) is 11.9 Å². The number of hydrogen-bond acceptors (Lipinski definition) is 4. The van der Waals surface area contributed by atoms with Gasteiger partial charge in [0.25, 0.3) is 0 Å². The molecule has 6 heteroatoms. The second-order valence-corrected chi connectivity index (χ2v) is 5.63. The summed E-state index contributed by atoms with van der Waals surface area (Å²) in [6.45, 7) is 0.573. The monoisotopic (exact) mass is 325 g/mol. The number of rotatable bonds is 6. The van der Waals surface area contributed by atoms with Crippen molar-refractivity contribution < 1.29 is 14.3 Å². The van der Waals surface area contributed by atoms with Crippen LogP contribution >= 0.6 is 0 Å². The van der Waals surface area contributed by atoms with E-state index in [0.29, 0.717) is 25.1 Å². The zero-order valence-electron chi connectivity index (χ0n) is 13.2. The zero-order chi connectivity index (χ0) is 16.8. The molecule has 2 aromatic rings. The van der Waals surface area contributed by atoms with Crippen molar-refractivity contribution in [2.24, 2.45) is 0 Å². The van der Waals surface area contributed by atoms with Crippen LogP contribution in [0.15, 0.2) is 48.8 Å². The number of nitrogens with one attached hydrogen (secondary N) is 2. The van der Waals surface area contributed by atoms with Gasteiger partial charge in [0.05, 0.1) is 6.61 Å². The Kier molecular flexibility index (Phi) is 5.05. The topological polar surface area (TPSA) is 80.3 Å². The predicted octanol–water partition coefficient (Wildman–Crippen LogP) is 1.92. The van der Waals surface area contributed by atoms with Crippen LogP contribution < -0.4 is 15.4 Å². The Labute approximate surface area is 140 Å². The molecule has 0 aliphatic carbocycles. The summed E-state index contributed by atoms with van der Waals surface area (Å²) in [4.78, 5) is 27.1. The van der Waals surface area contributed by atoms with E-state index in [9.17, 15) is 9.59 Å². The normalized spacial score (nSPS) is 16.5. The van der Waals surface area contributed by atoms with Gasteiger partial charge in [-0.05, 0) is 48.4 Å². The highest BCUT2D eigenvalue weighted by Gasteiger charge is 2.26. The standard InChI is InChI=1S/C18H19N3O3/c22-17-6-5-16(21-17)18(23)20-14-1-3-15(4-2-14)24-12-9-13-7-10-19-11-8-13/h1-4,7-8,10-11,16H,5-6,9,12H2,(H,20,23)(H,21,22)/t16-/m0/s1. The van der Waals surface area contributed by atoms with E-state index in [4.69, 9.17) is 4.74 Å². The summed E-state index contributed by atoms with van der Waals surface area (Å²) < 4.78 is 5.69. The molecule has 0 spiro atoms. The summed E-state index contributed by atoms with van der Waals surface area (Å²) in [5.41, 5.74) is 1.86. The first-order chi connectivity index (χ1) is 11.7. The Balaban J connectivity index is 1.46. The van der Waals surface area contributed by atoms with Crippen molar-refractivity contribution in [2.45, 2.75) is 25.3 Å². The molecule has 124 valence electrons. The fraction of sp³-hybridized carbons (Fsp3) is 0.278. The molecule has 0 radical (unpaired) electrons. The summed E-state index contributed by atoms with van der Waals surface area (Å²) in [7, 11) is 0. The van der Waals surface area contributed by atoms with Crippen molar-refractivity contribution in [3.63, 3.8) is 0 Å². The molecule has 2 heterocycles. The van der Waals surface area contributed by atoms with Gasteiger partial charge in [0.2, 0.25) is 11.8 Å². The molecule has 1 saturated heterocycles. The molecule has 0 unspecified atom stereocenters. The number of pyridine rings is 1. The molecule has 1 aromatic carbocycles. The van der Waals surface area contributed by atoms with Gasteiger partial charge in [-0.2, -0.15) is 0 Å². The second-order valence-electron chi connectivity index (χ2n) is 5.63. The lowest BCUT2D eigenvalue weighted by Gasteiger charge is -2.11. The minimum Gasteiger partial charge on any atom is -0.493 e. The highest BCUT2D eigenvalue weighted by Crippen LogP contribution is 2.17. The summed E-state index contributed by atoms with van der Waals surface area (Å²) in [6.07, 6.45) is 5.28. The third-order valence-corrected chi connectivity index (χ3v) is 3.84. The highest BCUT2D eigenvalue weighted by atomic mass is 16.5. The summed E-state index contributed by atoms with van der Waals surface area (Å²) in [6, 6.07) is 10.7. The van der Waals surface area contributed by atoms with E-state index in [1.807, 2.05) is 24.3 Å². The Hall–Kier alpha value is -2.89. The molecule has 0 saturated carbocycles. The number of nitrogens with zero attached hydrogens (tertiary/aromatic N) is 1. The number of carbonyl (C=O) groups excluding carboxylic acids is 2. The van der Waals surface area contributed by atoms with E-state index < -0.39 is 6.04 Å². The number of benzene rings is 1. The number of ether oxygens (including phenoxy) is 1. The van der Waals surface area contributed by atoms with Crippen molar-refractivity contribution in [1.82, 2.24) is 10.3 Å². The fourth-order valence-electron chi connectivity index (χ4n) is 2.51. The maximum absolute atomic E-state index is 12.0.